The first-order valence-corrected chi connectivity index (χ1v) is 9.31. The molecule has 2 heterocycles. The fourth-order valence-electron chi connectivity index (χ4n) is 3.22. The Kier molecular flexibility index (Phi) is 7.47. The van der Waals surface area contributed by atoms with Crippen LogP contribution in [0.25, 0.3) is 0 Å². The Hall–Kier alpha value is -1.58. The van der Waals surface area contributed by atoms with Crippen molar-refractivity contribution in [3.8, 4) is 11.5 Å². The molecule has 2 unspecified atom stereocenters. The molecular formula is C18H26O12. The predicted molar refractivity (Wildman–Crippen MR) is 95.2 cm³/mol. The minimum atomic E-state index is -1.65. The molecular weight excluding hydrogens is 408 g/mol. The van der Waals surface area contributed by atoms with Crippen LogP contribution in [0.5, 0.6) is 11.5 Å². The molecule has 12 heteroatoms. The third-order valence-corrected chi connectivity index (χ3v) is 5.03. The van der Waals surface area contributed by atoms with Gasteiger partial charge in [-0.3, -0.25) is 0 Å². The first kappa shape index (κ1) is 23.1. The normalized spacial score (nSPS) is 42.0. The molecule has 1 aromatic carbocycles. The van der Waals surface area contributed by atoms with Crippen molar-refractivity contribution in [3.05, 3.63) is 24.3 Å². The van der Waals surface area contributed by atoms with Gasteiger partial charge in [-0.15, -0.1) is 0 Å². The zero-order chi connectivity index (χ0) is 22.0. The van der Waals surface area contributed by atoms with Gasteiger partial charge in [0.05, 0.1) is 13.2 Å². The van der Waals surface area contributed by atoms with Gasteiger partial charge in [0.1, 0.15) is 48.8 Å². The van der Waals surface area contributed by atoms with Gasteiger partial charge in [0.25, 0.3) is 0 Å². The summed E-state index contributed by atoms with van der Waals surface area (Å²) in [6, 6.07) is 5.94. The first-order valence-electron chi connectivity index (χ1n) is 9.31. The van der Waals surface area contributed by atoms with Gasteiger partial charge >= 0.3 is 0 Å². The minimum Gasteiger partial charge on any atom is -0.458 e. The number of rotatable bonds is 6. The van der Waals surface area contributed by atoms with Crippen molar-refractivity contribution >= 4 is 0 Å². The Balaban J connectivity index is 1.76. The maximum atomic E-state index is 10.1. The zero-order valence-corrected chi connectivity index (χ0v) is 15.7. The van der Waals surface area contributed by atoms with Gasteiger partial charge < -0.3 is 59.8 Å². The largest absolute Gasteiger partial charge is 0.458 e. The van der Waals surface area contributed by atoms with Gasteiger partial charge in [-0.25, -0.2) is 0 Å². The van der Waals surface area contributed by atoms with Crippen LogP contribution in [0, 0.1) is 0 Å². The Bertz CT molecular complexity index is 628. The summed E-state index contributed by atoms with van der Waals surface area (Å²) < 4.78 is 21.7. The van der Waals surface area contributed by atoms with Crippen LogP contribution in [0.15, 0.2) is 24.3 Å². The van der Waals surface area contributed by atoms with Crippen molar-refractivity contribution in [2.75, 3.05) is 13.2 Å². The van der Waals surface area contributed by atoms with E-state index in [1.54, 1.807) is 12.1 Å². The number of aliphatic hydroxyl groups excluding tert-OH is 8. The molecule has 0 spiro atoms. The fraction of sp³-hybridized carbons (Fsp3) is 0.667. The van der Waals surface area contributed by atoms with Crippen LogP contribution in [-0.4, -0.2) is 115 Å². The van der Waals surface area contributed by atoms with Crippen molar-refractivity contribution in [1.29, 1.82) is 0 Å². The molecule has 170 valence electrons. The lowest BCUT2D eigenvalue weighted by molar-refractivity contribution is -0.282. The highest BCUT2D eigenvalue weighted by atomic mass is 16.7. The standard InChI is InChI=1S/C18H26O12/c19-5-9-11(21)13(23)15(25)17(29-9)27-7-3-1-2-4-8(7)28-18-16(26)14(24)12(22)10(6-20)30-18/h1-4,9-26H,5-6H2/t9-,10-,11-,12-,13+,14+,15-,16-,17?,18?/m1/s1. The van der Waals surface area contributed by atoms with Crippen molar-refractivity contribution in [1.82, 2.24) is 0 Å². The van der Waals surface area contributed by atoms with Crippen LogP contribution in [-0.2, 0) is 9.47 Å². The van der Waals surface area contributed by atoms with Crippen LogP contribution in [0.2, 0.25) is 0 Å². The number of hydrogen-bond acceptors (Lipinski definition) is 12. The molecule has 0 aromatic heterocycles. The molecule has 2 saturated heterocycles. The van der Waals surface area contributed by atoms with Crippen LogP contribution in [0.3, 0.4) is 0 Å². The van der Waals surface area contributed by atoms with E-state index >= 15 is 0 Å². The van der Waals surface area contributed by atoms with E-state index in [0.717, 1.165) is 0 Å². The predicted octanol–water partition coefficient (Wildman–Crippen LogP) is -3.96. The van der Waals surface area contributed by atoms with E-state index in [4.69, 9.17) is 18.9 Å². The van der Waals surface area contributed by atoms with E-state index in [9.17, 15) is 40.9 Å². The van der Waals surface area contributed by atoms with Gasteiger partial charge in [-0.2, -0.15) is 0 Å². The molecule has 0 amide bonds. The van der Waals surface area contributed by atoms with Crippen LogP contribution < -0.4 is 9.47 Å². The first-order chi connectivity index (χ1) is 14.3. The molecule has 10 atom stereocenters. The second-order valence-corrected chi connectivity index (χ2v) is 7.08. The summed E-state index contributed by atoms with van der Waals surface area (Å²) in [4.78, 5) is 0. The molecule has 0 bridgehead atoms. The lowest BCUT2D eigenvalue weighted by atomic mass is 9.99. The smallest absolute Gasteiger partial charge is 0.229 e. The van der Waals surface area contributed by atoms with E-state index < -0.39 is 74.6 Å². The molecule has 0 radical (unpaired) electrons. The van der Waals surface area contributed by atoms with Gasteiger partial charge in [0.15, 0.2) is 11.5 Å². The zero-order valence-electron chi connectivity index (χ0n) is 15.7. The van der Waals surface area contributed by atoms with Gasteiger partial charge in [0.2, 0.25) is 12.6 Å². The summed E-state index contributed by atoms with van der Waals surface area (Å²) in [7, 11) is 0. The van der Waals surface area contributed by atoms with Crippen LogP contribution in [0.4, 0.5) is 0 Å². The summed E-state index contributed by atoms with van der Waals surface area (Å²) in [5, 5.41) is 78.3. The maximum absolute atomic E-state index is 10.1. The van der Waals surface area contributed by atoms with E-state index in [-0.39, 0.29) is 11.5 Å². The molecule has 0 saturated carbocycles. The van der Waals surface area contributed by atoms with Gasteiger partial charge in [-0.05, 0) is 12.1 Å². The number of hydrogen-bond donors (Lipinski definition) is 8. The van der Waals surface area contributed by atoms with E-state index in [1.165, 1.54) is 12.1 Å². The molecule has 2 aliphatic heterocycles. The summed E-state index contributed by atoms with van der Waals surface area (Å²) >= 11 is 0. The summed E-state index contributed by atoms with van der Waals surface area (Å²) in [5.74, 6) is -0.0300. The second kappa shape index (κ2) is 9.70. The molecule has 1 aromatic rings. The monoisotopic (exact) mass is 434 g/mol. The summed E-state index contributed by atoms with van der Waals surface area (Å²) in [6.07, 6.45) is -15.0. The average Bonchev–Trinajstić information content (AvgIpc) is 2.75. The topological polar surface area (TPSA) is 199 Å². The van der Waals surface area contributed by atoms with Gasteiger partial charge in [-0.1, -0.05) is 12.1 Å². The van der Waals surface area contributed by atoms with Crippen LogP contribution in [0.1, 0.15) is 0 Å². The van der Waals surface area contributed by atoms with Crippen molar-refractivity contribution < 1.29 is 59.8 Å². The van der Waals surface area contributed by atoms with E-state index in [2.05, 4.69) is 0 Å². The Labute approximate surface area is 171 Å². The van der Waals surface area contributed by atoms with E-state index in [0.29, 0.717) is 0 Å². The summed E-state index contributed by atoms with van der Waals surface area (Å²) in [6.45, 7) is -1.26. The molecule has 12 nitrogen and oxygen atoms in total. The molecule has 2 fully saturated rings. The minimum absolute atomic E-state index is 0.0150. The summed E-state index contributed by atoms with van der Waals surface area (Å²) in [5.41, 5.74) is 0. The molecule has 3 rings (SSSR count). The lowest BCUT2D eigenvalue weighted by Gasteiger charge is -2.40. The molecule has 2 aliphatic rings. The van der Waals surface area contributed by atoms with Crippen molar-refractivity contribution in [2.45, 2.75) is 61.4 Å². The Morgan fingerprint density at radius 2 is 0.967 bits per heavy atom. The highest BCUT2D eigenvalue weighted by Crippen LogP contribution is 2.33. The Morgan fingerprint density at radius 3 is 1.30 bits per heavy atom. The lowest BCUT2D eigenvalue weighted by Crippen LogP contribution is -2.60. The molecule has 8 N–H and O–H groups in total. The highest BCUT2D eigenvalue weighted by Gasteiger charge is 2.46. The fourth-order valence-corrected chi connectivity index (χ4v) is 3.22. The highest BCUT2D eigenvalue weighted by molar-refractivity contribution is 5.39. The molecule has 0 aliphatic carbocycles. The number of ether oxygens (including phenoxy) is 4. The quantitative estimate of drug-likeness (QED) is 0.216. The SMILES string of the molecule is OC[C@H]1OC(Oc2ccccc2OC2O[C@H](CO)[C@@H](O)[C@H](O)[C@H]2O)[C@H](O)[C@@H](O)[C@@H]1O. The van der Waals surface area contributed by atoms with E-state index in [1.807, 2.05) is 0 Å². The van der Waals surface area contributed by atoms with Crippen molar-refractivity contribution in [2.24, 2.45) is 0 Å². The number of aliphatic hydroxyl groups is 8. The maximum Gasteiger partial charge on any atom is 0.229 e. The Morgan fingerprint density at radius 1 is 0.600 bits per heavy atom. The number of benzene rings is 1. The van der Waals surface area contributed by atoms with Gasteiger partial charge in [0, 0.05) is 0 Å². The second-order valence-electron chi connectivity index (χ2n) is 7.08. The number of para-hydroxylation sites is 2. The third-order valence-electron chi connectivity index (χ3n) is 5.03. The molecule has 30 heavy (non-hydrogen) atoms. The average molecular weight is 434 g/mol. The van der Waals surface area contributed by atoms with Crippen molar-refractivity contribution in [3.63, 3.8) is 0 Å². The van der Waals surface area contributed by atoms with Crippen LogP contribution >= 0.6 is 0 Å². The third kappa shape index (κ3) is 4.53.